The van der Waals surface area contributed by atoms with Gasteiger partial charge in [-0.25, -0.2) is 0 Å². The highest BCUT2D eigenvalue weighted by Crippen LogP contribution is 2.27. The van der Waals surface area contributed by atoms with Gasteiger partial charge in [-0.1, -0.05) is 16.8 Å². The average Bonchev–Trinajstić information content (AvgIpc) is 2.42. The van der Waals surface area contributed by atoms with Gasteiger partial charge < -0.3 is 16.3 Å². The molecule has 1 heterocycles. The molecule has 7 heteroatoms. The molecule has 19 heavy (non-hydrogen) atoms. The Balaban J connectivity index is 2.31. The molecule has 0 radical (unpaired) electrons. The molecule has 1 amide bonds. The van der Waals surface area contributed by atoms with Crippen LogP contribution in [-0.2, 0) is 4.79 Å². The maximum absolute atomic E-state index is 11.7. The van der Waals surface area contributed by atoms with Gasteiger partial charge in [-0.15, -0.1) is 0 Å². The third kappa shape index (κ3) is 2.92. The van der Waals surface area contributed by atoms with E-state index in [1.807, 2.05) is 6.07 Å². The van der Waals surface area contributed by atoms with Crippen LogP contribution in [0.4, 0.5) is 5.69 Å². The lowest BCUT2D eigenvalue weighted by atomic mass is 10.2. The fourth-order valence-corrected chi connectivity index (χ4v) is 1.85. The van der Waals surface area contributed by atoms with Crippen LogP contribution in [0, 0.1) is 0 Å². The standard InChI is InChI=1S/C12H11ClN4O2/c13-8-3-4-9(12-7(8)2-1-5-15-12)16-11(18)6-10(14)17-19/h1-5,19H,6H2,(H2,14,17)(H,16,18). The molecule has 6 nitrogen and oxygen atoms in total. The second kappa shape index (κ2) is 5.53. The van der Waals surface area contributed by atoms with Crippen LogP contribution in [0.5, 0.6) is 0 Å². The number of rotatable bonds is 3. The number of nitrogens with zero attached hydrogens (tertiary/aromatic N) is 2. The minimum atomic E-state index is -0.399. The lowest BCUT2D eigenvalue weighted by molar-refractivity contribution is -0.115. The predicted molar refractivity (Wildman–Crippen MR) is 73.4 cm³/mol. The summed E-state index contributed by atoms with van der Waals surface area (Å²) in [7, 11) is 0. The second-order valence-corrected chi connectivity index (χ2v) is 4.22. The molecule has 0 spiro atoms. The van der Waals surface area contributed by atoms with Crippen LogP contribution < -0.4 is 11.1 Å². The van der Waals surface area contributed by atoms with E-state index in [0.29, 0.717) is 16.2 Å². The molecule has 0 atom stereocenters. The second-order valence-electron chi connectivity index (χ2n) is 3.81. The van der Waals surface area contributed by atoms with Gasteiger partial charge in [-0.3, -0.25) is 9.78 Å². The summed E-state index contributed by atoms with van der Waals surface area (Å²) >= 11 is 6.05. The van der Waals surface area contributed by atoms with Crippen molar-refractivity contribution in [3.63, 3.8) is 0 Å². The molecule has 0 unspecified atom stereocenters. The van der Waals surface area contributed by atoms with Crippen LogP contribution in [0.2, 0.25) is 5.02 Å². The number of pyridine rings is 1. The summed E-state index contributed by atoms with van der Waals surface area (Å²) in [5, 5.41) is 15.1. The third-order valence-corrected chi connectivity index (χ3v) is 2.79. The Hall–Kier alpha value is -2.34. The van der Waals surface area contributed by atoms with Crippen molar-refractivity contribution in [1.82, 2.24) is 4.98 Å². The molecule has 2 aromatic rings. The van der Waals surface area contributed by atoms with E-state index in [1.165, 1.54) is 0 Å². The number of carbonyl (C=O) groups excluding carboxylic acids is 1. The van der Waals surface area contributed by atoms with Crippen LogP contribution in [0.25, 0.3) is 10.9 Å². The summed E-state index contributed by atoms with van der Waals surface area (Å²) in [6.07, 6.45) is 1.41. The summed E-state index contributed by atoms with van der Waals surface area (Å²) in [6, 6.07) is 6.90. The van der Waals surface area contributed by atoms with E-state index in [2.05, 4.69) is 15.5 Å². The van der Waals surface area contributed by atoms with Gasteiger partial charge in [0.2, 0.25) is 5.91 Å². The van der Waals surface area contributed by atoms with Gasteiger partial charge in [0.1, 0.15) is 5.84 Å². The number of benzene rings is 1. The molecule has 0 aliphatic carbocycles. The van der Waals surface area contributed by atoms with E-state index < -0.39 is 5.91 Å². The fourth-order valence-electron chi connectivity index (χ4n) is 1.63. The largest absolute Gasteiger partial charge is 0.409 e. The van der Waals surface area contributed by atoms with E-state index >= 15 is 0 Å². The molecule has 1 aromatic carbocycles. The van der Waals surface area contributed by atoms with E-state index in [4.69, 9.17) is 22.5 Å². The van der Waals surface area contributed by atoms with Crippen molar-refractivity contribution in [2.45, 2.75) is 6.42 Å². The molecule has 0 aliphatic rings. The van der Waals surface area contributed by atoms with E-state index in [1.54, 1.807) is 24.4 Å². The van der Waals surface area contributed by atoms with Gasteiger partial charge in [0.25, 0.3) is 0 Å². The van der Waals surface area contributed by atoms with Gasteiger partial charge in [0.05, 0.1) is 22.6 Å². The molecule has 0 bridgehead atoms. The van der Waals surface area contributed by atoms with Gasteiger partial charge in [0.15, 0.2) is 0 Å². The highest BCUT2D eigenvalue weighted by molar-refractivity contribution is 6.36. The Morgan fingerprint density at radius 3 is 3.00 bits per heavy atom. The Labute approximate surface area is 113 Å². The topological polar surface area (TPSA) is 101 Å². The lowest BCUT2D eigenvalue weighted by Crippen LogP contribution is -2.22. The van der Waals surface area contributed by atoms with Crippen molar-refractivity contribution in [3.05, 3.63) is 35.5 Å². The Kier molecular flexibility index (Phi) is 3.82. The van der Waals surface area contributed by atoms with Crippen LogP contribution in [0.15, 0.2) is 35.6 Å². The normalized spacial score (nSPS) is 11.5. The Morgan fingerprint density at radius 2 is 2.26 bits per heavy atom. The molecule has 1 aromatic heterocycles. The number of hydrogen-bond acceptors (Lipinski definition) is 4. The number of anilines is 1. The van der Waals surface area contributed by atoms with E-state index in [0.717, 1.165) is 5.39 Å². The molecule has 0 saturated heterocycles. The lowest BCUT2D eigenvalue weighted by Gasteiger charge is -2.08. The Morgan fingerprint density at radius 1 is 1.47 bits per heavy atom. The summed E-state index contributed by atoms with van der Waals surface area (Å²) in [4.78, 5) is 15.9. The number of aromatic nitrogens is 1. The molecule has 0 saturated carbocycles. The minimum absolute atomic E-state index is 0.163. The van der Waals surface area contributed by atoms with Crippen LogP contribution in [0.1, 0.15) is 6.42 Å². The number of halogens is 1. The molecular formula is C12H11ClN4O2. The number of amidine groups is 1. The number of carbonyl (C=O) groups is 1. The summed E-state index contributed by atoms with van der Waals surface area (Å²) < 4.78 is 0. The van der Waals surface area contributed by atoms with Gasteiger partial charge in [0, 0.05) is 11.6 Å². The number of amides is 1. The number of hydrogen-bond donors (Lipinski definition) is 3. The van der Waals surface area contributed by atoms with Gasteiger partial charge in [-0.05, 0) is 24.3 Å². The first-order valence-corrected chi connectivity index (χ1v) is 5.79. The molecule has 2 rings (SSSR count). The Bertz CT molecular complexity index is 657. The first-order valence-electron chi connectivity index (χ1n) is 5.41. The first-order chi connectivity index (χ1) is 9.11. The summed E-state index contributed by atoms with van der Waals surface area (Å²) in [6.45, 7) is 0. The zero-order chi connectivity index (χ0) is 13.8. The molecule has 0 aliphatic heterocycles. The van der Waals surface area contributed by atoms with E-state index in [9.17, 15) is 4.79 Å². The predicted octanol–water partition coefficient (Wildman–Crippen LogP) is 1.96. The quantitative estimate of drug-likeness (QED) is 0.346. The van der Waals surface area contributed by atoms with Gasteiger partial charge >= 0.3 is 0 Å². The number of oxime groups is 1. The van der Waals surface area contributed by atoms with Crippen molar-refractivity contribution in [2.75, 3.05) is 5.32 Å². The number of nitrogens with two attached hydrogens (primary N) is 1. The molecule has 98 valence electrons. The van der Waals surface area contributed by atoms with Crippen LogP contribution >= 0.6 is 11.6 Å². The molecule has 0 fully saturated rings. The zero-order valence-electron chi connectivity index (χ0n) is 9.80. The summed E-state index contributed by atoms with van der Waals surface area (Å²) in [5.74, 6) is -0.562. The van der Waals surface area contributed by atoms with E-state index in [-0.39, 0.29) is 12.3 Å². The molecule has 4 N–H and O–H groups in total. The van der Waals surface area contributed by atoms with Crippen molar-refractivity contribution in [3.8, 4) is 0 Å². The average molecular weight is 279 g/mol. The summed E-state index contributed by atoms with van der Waals surface area (Å²) in [5.41, 5.74) is 6.38. The zero-order valence-corrected chi connectivity index (χ0v) is 10.6. The van der Waals surface area contributed by atoms with Crippen molar-refractivity contribution in [2.24, 2.45) is 10.9 Å². The van der Waals surface area contributed by atoms with Crippen molar-refractivity contribution in [1.29, 1.82) is 0 Å². The van der Waals surface area contributed by atoms with Crippen LogP contribution in [-0.4, -0.2) is 21.9 Å². The smallest absolute Gasteiger partial charge is 0.232 e. The molecular weight excluding hydrogens is 268 g/mol. The maximum atomic E-state index is 11.7. The number of fused-ring (bicyclic) bond motifs is 1. The van der Waals surface area contributed by atoms with Crippen molar-refractivity contribution >= 4 is 39.9 Å². The highest BCUT2D eigenvalue weighted by Gasteiger charge is 2.10. The monoisotopic (exact) mass is 278 g/mol. The maximum Gasteiger partial charge on any atom is 0.232 e. The highest BCUT2D eigenvalue weighted by atomic mass is 35.5. The fraction of sp³-hybridized carbons (Fsp3) is 0.0833. The number of nitrogens with one attached hydrogen (secondary N) is 1. The van der Waals surface area contributed by atoms with Crippen LogP contribution in [0.3, 0.4) is 0 Å². The SMILES string of the molecule is N/C(CC(=O)Nc1ccc(Cl)c2cccnc12)=N/O. The van der Waals surface area contributed by atoms with Gasteiger partial charge in [-0.2, -0.15) is 0 Å². The first kappa shape index (κ1) is 13.1. The minimum Gasteiger partial charge on any atom is -0.409 e. The van der Waals surface area contributed by atoms with Crippen molar-refractivity contribution < 1.29 is 10.0 Å². The third-order valence-electron chi connectivity index (χ3n) is 2.46.